The van der Waals surface area contributed by atoms with E-state index in [4.69, 9.17) is 5.73 Å². The maximum Gasteiger partial charge on any atom is 0.286 e. The lowest BCUT2D eigenvalue weighted by atomic mass is 10.2. The molecule has 0 bridgehead atoms. The predicted octanol–water partition coefficient (Wildman–Crippen LogP) is 2.53. The summed E-state index contributed by atoms with van der Waals surface area (Å²) in [6, 6.07) is 14.3. The van der Waals surface area contributed by atoms with Gasteiger partial charge in [0.25, 0.3) is 10.0 Å². The molecular weight excluding hydrogens is 351 g/mol. The third-order valence-corrected chi connectivity index (χ3v) is 5.60. The summed E-state index contributed by atoms with van der Waals surface area (Å²) in [5.41, 5.74) is 6.72. The average Bonchev–Trinajstić information content (AvgIpc) is 2.95. The van der Waals surface area contributed by atoms with E-state index in [9.17, 15) is 12.8 Å². The molecule has 0 amide bonds. The lowest BCUT2D eigenvalue weighted by Crippen LogP contribution is -2.17. The predicted molar refractivity (Wildman–Crippen MR) is 89.4 cm³/mol. The maximum absolute atomic E-state index is 13.3. The first-order valence-corrected chi connectivity index (χ1v) is 9.30. The van der Waals surface area contributed by atoms with Crippen molar-refractivity contribution in [2.75, 3.05) is 5.73 Å². The van der Waals surface area contributed by atoms with Crippen LogP contribution in [0.1, 0.15) is 5.56 Å². The van der Waals surface area contributed by atoms with Gasteiger partial charge in [0.2, 0.25) is 11.1 Å². The van der Waals surface area contributed by atoms with Crippen LogP contribution in [-0.4, -0.2) is 22.6 Å². The first-order valence-electron chi connectivity index (χ1n) is 6.87. The molecule has 0 fully saturated rings. The lowest BCUT2D eigenvalue weighted by molar-refractivity contribution is 0.576. The monoisotopic (exact) mass is 364 g/mol. The number of nitrogens with two attached hydrogens (primary N) is 1. The van der Waals surface area contributed by atoms with Crippen LogP contribution in [0.2, 0.25) is 0 Å². The summed E-state index contributed by atoms with van der Waals surface area (Å²) in [4.78, 5) is 3.72. The van der Waals surface area contributed by atoms with Crippen molar-refractivity contribution in [1.82, 2.24) is 14.2 Å². The summed E-state index contributed by atoms with van der Waals surface area (Å²) >= 11 is 1.26. The summed E-state index contributed by atoms with van der Waals surface area (Å²) in [6.07, 6.45) is 0. The highest BCUT2D eigenvalue weighted by Gasteiger charge is 2.23. The van der Waals surface area contributed by atoms with Crippen LogP contribution >= 0.6 is 11.8 Å². The number of nitrogen functional groups attached to an aromatic ring is 1. The average molecular weight is 364 g/mol. The van der Waals surface area contributed by atoms with Crippen LogP contribution in [0, 0.1) is 5.82 Å². The van der Waals surface area contributed by atoms with Crippen molar-refractivity contribution >= 4 is 27.7 Å². The molecule has 2 N–H and O–H groups in total. The zero-order valence-electron chi connectivity index (χ0n) is 12.3. The zero-order valence-corrected chi connectivity index (χ0v) is 14.0. The van der Waals surface area contributed by atoms with Crippen LogP contribution in [-0.2, 0) is 15.8 Å². The third kappa shape index (κ3) is 3.41. The van der Waals surface area contributed by atoms with Gasteiger partial charge >= 0.3 is 0 Å². The molecule has 124 valence electrons. The van der Waals surface area contributed by atoms with Gasteiger partial charge in [-0.05, 0) is 23.8 Å². The molecule has 9 heteroatoms. The Balaban J connectivity index is 1.86. The first-order chi connectivity index (χ1) is 11.5. The second-order valence-electron chi connectivity index (χ2n) is 4.83. The summed E-state index contributed by atoms with van der Waals surface area (Å²) in [5, 5.41) is 4.17. The quantitative estimate of drug-likeness (QED) is 0.700. The number of nitrogens with zero attached hydrogens (tertiary/aromatic N) is 3. The standard InChI is InChI=1S/C15H13FN4O2S2/c16-12-7-4-8-13(9-12)24(21,22)20-14(17)18-15(19-20)23-10-11-5-2-1-3-6-11/h1-9H,10H2,(H2,17,18,19). The Morgan fingerprint density at radius 2 is 1.88 bits per heavy atom. The van der Waals surface area contributed by atoms with Gasteiger partial charge in [0.1, 0.15) is 5.82 Å². The number of rotatable bonds is 5. The van der Waals surface area contributed by atoms with E-state index in [-0.39, 0.29) is 16.0 Å². The Kier molecular flexibility index (Phi) is 4.54. The molecule has 0 radical (unpaired) electrons. The van der Waals surface area contributed by atoms with Gasteiger partial charge in [-0.3, -0.25) is 0 Å². The molecule has 0 aliphatic carbocycles. The van der Waals surface area contributed by atoms with Crippen molar-refractivity contribution in [2.24, 2.45) is 0 Å². The third-order valence-electron chi connectivity index (χ3n) is 3.11. The molecule has 0 aliphatic rings. The fourth-order valence-corrected chi connectivity index (χ4v) is 4.00. The number of hydrogen-bond acceptors (Lipinski definition) is 6. The Bertz CT molecular complexity index is 959. The Hall–Kier alpha value is -2.39. The molecule has 6 nitrogen and oxygen atoms in total. The smallest absolute Gasteiger partial charge is 0.286 e. The van der Waals surface area contributed by atoms with Crippen molar-refractivity contribution < 1.29 is 12.8 Å². The van der Waals surface area contributed by atoms with Crippen molar-refractivity contribution in [3.05, 3.63) is 66.0 Å². The summed E-state index contributed by atoms with van der Waals surface area (Å²) in [5.74, 6) is -0.354. The zero-order chi connectivity index (χ0) is 17.2. The molecule has 24 heavy (non-hydrogen) atoms. The van der Waals surface area contributed by atoms with Crippen molar-refractivity contribution in [3.63, 3.8) is 0 Å². The number of aromatic nitrogens is 3. The van der Waals surface area contributed by atoms with Gasteiger partial charge in [-0.15, -0.1) is 9.19 Å². The lowest BCUT2D eigenvalue weighted by Gasteiger charge is -2.04. The number of hydrogen-bond donors (Lipinski definition) is 1. The molecule has 1 aromatic heterocycles. The second kappa shape index (κ2) is 6.62. The fourth-order valence-electron chi connectivity index (χ4n) is 1.98. The topological polar surface area (TPSA) is 90.9 Å². The van der Waals surface area contributed by atoms with E-state index < -0.39 is 15.8 Å². The van der Waals surface area contributed by atoms with Gasteiger partial charge in [-0.2, -0.15) is 13.4 Å². The Morgan fingerprint density at radius 3 is 2.58 bits per heavy atom. The minimum atomic E-state index is -4.09. The first kappa shape index (κ1) is 16.5. The van der Waals surface area contributed by atoms with Crippen molar-refractivity contribution in [1.29, 1.82) is 0 Å². The summed E-state index contributed by atoms with van der Waals surface area (Å²) in [6.45, 7) is 0. The van der Waals surface area contributed by atoms with Crippen LogP contribution in [0.15, 0.2) is 64.6 Å². The van der Waals surface area contributed by atoms with Crippen LogP contribution in [0.3, 0.4) is 0 Å². The van der Waals surface area contributed by atoms with E-state index in [2.05, 4.69) is 10.1 Å². The van der Waals surface area contributed by atoms with E-state index in [1.54, 1.807) is 0 Å². The molecule has 0 unspecified atom stereocenters. The van der Waals surface area contributed by atoms with E-state index in [1.165, 1.54) is 23.9 Å². The van der Waals surface area contributed by atoms with Crippen LogP contribution in [0.5, 0.6) is 0 Å². The van der Waals surface area contributed by atoms with Gasteiger partial charge < -0.3 is 5.73 Å². The highest BCUT2D eigenvalue weighted by Crippen LogP contribution is 2.23. The molecule has 0 saturated heterocycles. The van der Waals surface area contributed by atoms with E-state index >= 15 is 0 Å². The van der Waals surface area contributed by atoms with Crippen LogP contribution < -0.4 is 5.73 Å². The van der Waals surface area contributed by atoms with E-state index in [0.29, 0.717) is 9.84 Å². The fraction of sp³-hybridized carbons (Fsp3) is 0.0667. The normalized spacial score (nSPS) is 11.5. The van der Waals surface area contributed by atoms with Gasteiger partial charge in [0.05, 0.1) is 4.90 Å². The Labute approximate surface area is 142 Å². The number of anilines is 1. The highest BCUT2D eigenvalue weighted by molar-refractivity contribution is 7.98. The summed E-state index contributed by atoms with van der Waals surface area (Å²) < 4.78 is 38.9. The van der Waals surface area contributed by atoms with E-state index in [0.717, 1.165) is 17.7 Å². The minimum Gasteiger partial charge on any atom is -0.367 e. The molecule has 2 aromatic carbocycles. The Morgan fingerprint density at radius 1 is 1.12 bits per heavy atom. The largest absolute Gasteiger partial charge is 0.367 e. The molecular formula is C15H13FN4O2S2. The van der Waals surface area contributed by atoms with E-state index in [1.807, 2.05) is 30.3 Å². The van der Waals surface area contributed by atoms with Crippen molar-refractivity contribution in [3.8, 4) is 0 Å². The summed E-state index contributed by atoms with van der Waals surface area (Å²) in [7, 11) is -4.09. The molecule has 3 aromatic rings. The SMILES string of the molecule is Nc1nc(SCc2ccccc2)nn1S(=O)(=O)c1cccc(F)c1. The molecule has 0 aliphatic heterocycles. The van der Waals surface area contributed by atoms with Crippen LogP contribution in [0.25, 0.3) is 0 Å². The molecule has 0 spiro atoms. The second-order valence-corrected chi connectivity index (χ2v) is 7.54. The maximum atomic E-state index is 13.3. The molecule has 0 saturated carbocycles. The van der Waals surface area contributed by atoms with Gasteiger partial charge in [0, 0.05) is 5.75 Å². The van der Waals surface area contributed by atoms with Crippen LogP contribution in [0.4, 0.5) is 10.3 Å². The van der Waals surface area contributed by atoms with Gasteiger partial charge in [-0.25, -0.2) is 4.39 Å². The number of benzene rings is 2. The molecule has 1 heterocycles. The minimum absolute atomic E-state index is 0.233. The number of thioether (sulfide) groups is 1. The molecule has 0 atom stereocenters. The van der Waals surface area contributed by atoms with Crippen molar-refractivity contribution in [2.45, 2.75) is 15.8 Å². The molecule has 3 rings (SSSR count). The van der Waals surface area contributed by atoms with Gasteiger partial charge in [-0.1, -0.05) is 48.2 Å². The number of halogens is 1. The van der Waals surface area contributed by atoms with Gasteiger partial charge in [0.15, 0.2) is 0 Å². The highest BCUT2D eigenvalue weighted by atomic mass is 32.2.